The number of carboxylic acids is 1. The first-order valence-corrected chi connectivity index (χ1v) is 9.97. The quantitative estimate of drug-likeness (QED) is 0.408. The summed E-state index contributed by atoms with van der Waals surface area (Å²) >= 11 is 14.6. The Bertz CT molecular complexity index is 1030. The Morgan fingerprint density at radius 3 is 2.22 bits per heavy atom. The first kappa shape index (κ1) is 19.8. The van der Waals surface area contributed by atoms with Crippen LogP contribution in [0.5, 0.6) is 0 Å². The summed E-state index contributed by atoms with van der Waals surface area (Å²) in [5.74, 6) is -1.00. The maximum Gasteiger partial charge on any atom is 0.336 e. The summed E-state index contributed by atoms with van der Waals surface area (Å²) in [6.45, 7) is 0. The van der Waals surface area contributed by atoms with Gasteiger partial charge in [-0.15, -0.1) is 4.91 Å². The molecule has 27 heavy (non-hydrogen) atoms. The second-order valence-electron chi connectivity index (χ2n) is 5.30. The minimum Gasteiger partial charge on any atom is -0.478 e. The van der Waals surface area contributed by atoms with E-state index in [0.717, 1.165) is 9.79 Å². The third-order valence-corrected chi connectivity index (χ3v) is 6.35. The molecule has 0 aromatic heterocycles. The fourth-order valence-electron chi connectivity index (χ4n) is 2.24. The van der Waals surface area contributed by atoms with Gasteiger partial charge in [0, 0.05) is 19.6 Å². The van der Waals surface area contributed by atoms with Gasteiger partial charge in [0.1, 0.15) is 5.69 Å². The third kappa shape index (κ3) is 4.84. The molecule has 0 spiro atoms. The Morgan fingerprint density at radius 2 is 1.52 bits per heavy atom. The highest BCUT2D eigenvalue weighted by Gasteiger charge is 2.13. The average molecular weight is 436 g/mol. The summed E-state index contributed by atoms with van der Waals surface area (Å²) in [5.41, 5.74) is 0.473. The predicted octanol–water partition coefficient (Wildman–Crippen LogP) is 7.39. The first-order chi connectivity index (χ1) is 13.0. The van der Waals surface area contributed by atoms with E-state index in [9.17, 15) is 14.8 Å². The summed E-state index contributed by atoms with van der Waals surface area (Å²) in [6, 6.07) is 17.1. The van der Waals surface area contributed by atoms with Crippen molar-refractivity contribution in [2.24, 2.45) is 5.18 Å². The Balaban J connectivity index is 1.87. The fraction of sp³-hybridized carbons (Fsp3) is 0. The molecule has 3 aromatic rings. The first-order valence-electron chi connectivity index (χ1n) is 7.58. The molecule has 4 nitrogen and oxygen atoms in total. The highest BCUT2D eigenvalue weighted by atomic mass is 35.5. The molecule has 0 unspecified atom stereocenters. The summed E-state index contributed by atoms with van der Waals surface area (Å²) in [5, 5.41) is 13.3. The molecule has 3 rings (SSSR count). The number of carboxylic acid groups (broad SMARTS) is 1. The molecule has 0 bridgehead atoms. The maximum absolute atomic E-state index is 11.3. The van der Waals surface area contributed by atoms with Gasteiger partial charge in [-0.3, -0.25) is 0 Å². The monoisotopic (exact) mass is 435 g/mol. The lowest BCUT2D eigenvalue weighted by molar-refractivity contribution is 0.0693. The molecule has 0 aliphatic heterocycles. The van der Waals surface area contributed by atoms with Crippen molar-refractivity contribution in [2.45, 2.75) is 19.6 Å². The predicted molar refractivity (Wildman–Crippen MR) is 110 cm³/mol. The molecular formula is C19H11Cl2NO3S2. The van der Waals surface area contributed by atoms with Gasteiger partial charge in [-0.25, -0.2) is 4.79 Å². The standard InChI is InChI=1S/C19H11Cl2NO3S2/c20-14-7-5-11(9-15(14)21)27-18-8-6-12(10-16(18)22-25)26-17-4-2-1-3-13(17)19(23)24/h1-10H,(H,23,24). The van der Waals surface area contributed by atoms with Crippen molar-refractivity contribution in [3.05, 3.63) is 81.2 Å². The van der Waals surface area contributed by atoms with E-state index < -0.39 is 5.97 Å². The zero-order chi connectivity index (χ0) is 19.4. The van der Waals surface area contributed by atoms with Crippen molar-refractivity contribution in [1.82, 2.24) is 0 Å². The number of hydrogen-bond donors (Lipinski definition) is 1. The van der Waals surface area contributed by atoms with Crippen LogP contribution in [-0.2, 0) is 0 Å². The number of nitroso groups, excluding NO2 is 1. The summed E-state index contributed by atoms with van der Waals surface area (Å²) in [4.78, 5) is 25.4. The van der Waals surface area contributed by atoms with Crippen molar-refractivity contribution >= 4 is 58.4 Å². The van der Waals surface area contributed by atoms with Gasteiger partial charge >= 0.3 is 5.97 Å². The van der Waals surface area contributed by atoms with Gasteiger partial charge in [-0.2, -0.15) is 0 Å². The molecule has 0 atom stereocenters. The van der Waals surface area contributed by atoms with Crippen LogP contribution in [-0.4, -0.2) is 11.1 Å². The summed E-state index contributed by atoms with van der Waals surface area (Å²) in [6.07, 6.45) is 0. The molecule has 0 aliphatic carbocycles. The molecular weight excluding hydrogens is 425 g/mol. The van der Waals surface area contributed by atoms with Crippen LogP contribution in [0, 0.1) is 4.91 Å². The van der Waals surface area contributed by atoms with Gasteiger partial charge in [0.05, 0.1) is 15.6 Å². The smallest absolute Gasteiger partial charge is 0.336 e. The van der Waals surface area contributed by atoms with Crippen molar-refractivity contribution in [3.63, 3.8) is 0 Å². The summed E-state index contributed by atoms with van der Waals surface area (Å²) in [7, 11) is 0. The van der Waals surface area contributed by atoms with Gasteiger partial charge in [0.15, 0.2) is 0 Å². The summed E-state index contributed by atoms with van der Waals surface area (Å²) < 4.78 is 0. The largest absolute Gasteiger partial charge is 0.478 e. The van der Waals surface area contributed by atoms with Crippen LogP contribution >= 0.6 is 46.7 Å². The van der Waals surface area contributed by atoms with Gasteiger partial charge in [0.25, 0.3) is 0 Å². The second-order valence-corrected chi connectivity index (χ2v) is 8.35. The molecule has 0 fully saturated rings. The van der Waals surface area contributed by atoms with Crippen molar-refractivity contribution in [3.8, 4) is 0 Å². The normalized spacial score (nSPS) is 10.6. The van der Waals surface area contributed by atoms with Crippen LogP contribution in [0.1, 0.15) is 10.4 Å². The fourth-order valence-corrected chi connectivity index (χ4v) is 4.48. The van der Waals surface area contributed by atoms with E-state index in [1.807, 2.05) is 6.07 Å². The SMILES string of the molecule is O=Nc1cc(Sc2ccccc2C(=O)O)ccc1Sc1ccc(Cl)c(Cl)c1. The van der Waals surface area contributed by atoms with E-state index in [1.54, 1.807) is 48.5 Å². The van der Waals surface area contributed by atoms with E-state index in [2.05, 4.69) is 5.18 Å². The number of benzene rings is 3. The molecule has 1 N–H and O–H groups in total. The van der Waals surface area contributed by atoms with E-state index in [4.69, 9.17) is 23.2 Å². The van der Waals surface area contributed by atoms with E-state index in [-0.39, 0.29) is 11.3 Å². The Morgan fingerprint density at radius 1 is 0.852 bits per heavy atom. The van der Waals surface area contributed by atoms with Crippen molar-refractivity contribution in [2.75, 3.05) is 0 Å². The molecule has 0 heterocycles. The van der Waals surface area contributed by atoms with Gasteiger partial charge in [-0.05, 0) is 53.7 Å². The van der Waals surface area contributed by atoms with E-state index in [1.165, 1.54) is 29.6 Å². The number of aromatic carboxylic acids is 1. The van der Waals surface area contributed by atoms with Crippen LogP contribution in [0.2, 0.25) is 10.0 Å². The third-order valence-electron chi connectivity index (χ3n) is 3.49. The Labute approximate surface area is 173 Å². The zero-order valence-corrected chi connectivity index (χ0v) is 16.7. The number of carbonyl (C=O) groups is 1. The van der Waals surface area contributed by atoms with Crippen LogP contribution in [0.3, 0.4) is 0 Å². The van der Waals surface area contributed by atoms with E-state index in [0.29, 0.717) is 19.8 Å². The van der Waals surface area contributed by atoms with Gasteiger partial charge < -0.3 is 5.11 Å². The van der Waals surface area contributed by atoms with Crippen molar-refractivity contribution < 1.29 is 9.90 Å². The van der Waals surface area contributed by atoms with Crippen LogP contribution in [0.4, 0.5) is 5.69 Å². The molecule has 0 saturated heterocycles. The van der Waals surface area contributed by atoms with Crippen LogP contribution in [0.25, 0.3) is 0 Å². The van der Waals surface area contributed by atoms with E-state index >= 15 is 0 Å². The molecule has 0 saturated carbocycles. The Hall–Kier alpha value is -1.99. The highest BCUT2D eigenvalue weighted by molar-refractivity contribution is 8.00. The zero-order valence-electron chi connectivity index (χ0n) is 13.6. The molecule has 8 heteroatoms. The van der Waals surface area contributed by atoms with Gasteiger partial charge in [-0.1, -0.05) is 58.9 Å². The molecule has 136 valence electrons. The Kier molecular flexibility index (Phi) is 6.44. The molecule has 0 radical (unpaired) electrons. The molecule has 0 aliphatic rings. The molecule has 3 aromatic carbocycles. The van der Waals surface area contributed by atoms with Crippen LogP contribution < -0.4 is 0 Å². The minimum absolute atomic E-state index is 0.206. The minimum atomic E-state index is -1.00. The average Bonchev–Trinajstić information content (AvgIpc) is 2.66. The van der Waals surface area contributed by atoms with Gasteiger partial charge in [0.2, 0.25) is 0 Å². The maximum atomic E-state index is 11.3. The van der Waals surface area contributed by atoms with Crippen LogP contribution in [0.15, 0.2) is 85.4 Å². The lowest BCUT2D eigenvalue weighted by Gasteiger charge is -2.09. The highest BCUT2D eigenvalue weighted by Crippen LogP contribution is 2.40. The lowest BCUT2D eigenvalue weighted by atomic mass is 10.2. The second kappa shape index (κ2) is 8.80. The lowest BCUT2D eigenvalue weighted by Crippen LogP contribution is -1.97. The number of hydrogen-bond acceptors (Lipinski definition) is 5. The molecule has 0 amide bonds. The topological polar surface area (TPSA) is 66.7 Å². The number of halogens is 2. The number of rotatable bonds is 6. The number of nitrogens with zero attached hydrogens (tertiary/aromatic N) is 1. The van der Waals surface area contributed by atoms with Crippen molar-refractivity contribution in [1.29, 1.82) is 0 Å².